The van der Waals surface area contributed by atoms with Gasteiger partial charge in [-0.2, -0.15) is 0 Å². The molecule has 3 nitrogen and oxygen atoms in total. The van der Waals surface area contributed by atoms with Crippen molar-refractivity contribution in [3.63, 3.8) is 0 Å². The number of rotatable bonds is 1. The maximum Gasteiger partial charge on any atom is 0.227 e. The van der Waals surface area contributed by atoms with Gasteiger partial charge in [0.05, 0.1) is 5.92 Å². The summed E-state index contributed by atoms with van der Waals surface area (Å²) in [5.74, 6) is 1.19. The number of nitrogens with one attached hydrogen (secondary N) is 1. The van der Waals surface area contributed by atoms with Crippen LogP contribution in [0.1, 0.15) is 26.2 Å². The average Bonchev–Trinajstić information content (AvgIpc) is 2.70. The summed E-state index contributed by atoms with van der Waals surface area (Å²) in [6, 6.07) is 0. The third-order valence-corrected chi connectivity index (χ3v) is 3.56. The quantitative estimate of drug-likeness (QED) is 0.674. The largest absolute Gasteiger partial charge is 0.342 e. The van der Waals surface area contributed by atoms with Crippen molar-refractivity contribution >= 4 is 5.91 Å². The molecule has 3 heteroatoms. The van der Waals surface area contributed by atoms with E-state index < -0.39 is 0 Å². The molecule has 0 aromatic rings. The van der Waals surface area contributed by atoms with Gasteiger partial charge in [0.2, 0.25) is 5.91 Å². The zero-order valence-corrected chi connectivity index (χ0v) is 8.96. The summed E-state index contributed by atoms with van der Waals surface area (Å²) in [5, 5.41) is 3.32. The fourth-order valence-corrected chi connectivity index (χ4v) is 2.49. The van der Waals surface area contributed by atoms with Gasteiger partial charge in [-0.15, -0.1) is 0 Å². The molecule has 14 heavy (non-hydrogen) atoms. The third kappa shape index (κ3) is 1.92. The van der Waals surface area contributed by atoms with Crippen LogP contribution in [0.2, 0.25) is 0 Å². The molecule has 2 aliphatic rings. The van der Waals surface area contributed by atoms with E-state index in [-0.39, 0.29) is 5.92 Å². The van der Waals surface area contributed by atoms with Crippen molar-refractivity contribution in [2.24, 2.45) is 11.8 Å². The van der Waals surface area contributed by atoms with Crippen molar-refractivity contribution in [1.82, 2.24) is 10.2 Å². The first-order valence-electron chi connectivity index (χ1n) is 5.78. The lowest BCUT2D eigenvalue weighted by molar-refractivity contribution is -0.136. The topological polar surface area (TPSA) is 32.3 Å². The van der Waals surface area contributed by atoms with Gasteiger partial charge in [-0.3, -0.25) is 4.79 Å². The zero-order valence-electron chi connectivity index (χ0n) is 8.96. The molecule has 0 spiro atoms. The molecule has 0 unspecified atom stereocenters. The molecule has 2 saturated heterocycles. The van der Waals surface area contributed by atoms with E-state index >= 15 is 0 Å². The minimum Gasteiger partial charge on any atom is -0.342 e. The van der Waals surface area contributed by atoms with Crippen molar-refractivity contribution in [2.75, 3.05) is 26.2 Å². The number of hydrogen-bond donors (Lipinski definition) is 1. The van der Waals surface area contributed by atoms with E-state index in [2.05, 4.69) is 12.2 Å². The zero-order chi connectivity index (χ0) is 9.97. The van der Waals surface area contributed by atoms with Gasteiger partial charge in [0.1, 0.15) is 0 Å². The first-order chi connectivity index (χ1) is 6.79. The minimum absolute atomic E-state index is 0.238. The number of nitrogens with zero attached hydrogens (tertiary/aromatic N) is 1. The Kier molecular flexibility index (Phi) is 3.06. The molecular formula is C11H20N2O. The normalized spacial score (nSPS) is 33.4. The summed E-state index contributed by atoms with van der Waals surface area (Å²) in [4.78, 5) is 14.1. The molecule has 0 aromatic carbocycles. The number of piperidine rings is 1. The Hall–Kier alpha value is -0.570. The molecule has 0 saturated carbocycles. The Labute approximate surface area is 85.8 Å². The average molecular weight is 196 g/mol. The summed E-state index contributed by atoms with van der Waals surface area (Å²) in [6.07, 6.45) is 3.53. The van der Waals surface area contributed by atoms with Gasteiger partial charge in [0, 0.05) is 19.6 Å². The van der Waals surface area contributed by atoms with Crippen molar-refractivity contribution in [1.29, 1.82) is 0 Å². The first kappa shape index (κ1) is 9.97. The summed E-state index contributed by atoms with van der Waals surface area (Å²) >= 11 is 0. The Morgan fingerprint density at radius 1 is 1.36 bits per heavy atom. The fourth-order valence-electron chi connectivity index (χ4n) is 2.49. The second-order valence-electron chi connectivity index (χ2n) is 4.61. The van der Waals surface area contributed by atoms with Gasteiger partial charge < -0.3 is 10.2 Å². The van der Waals surface area contributed by atoms with Crippen molar-refractivity contribution in [3.05, 3.63) is 0 Å². The summed E-state index contributed by atoms with van der Waals surface area (Å²) in [6.45, 7) is 6.14. The Bertz CT molecular complexity index is 211. The molecule has 2 rings (SSSR count). The second-order valence-corrected chi connectivity index (χ2v) is 4.61. The Balaban J connectivity index is 1.94. The van der Waals surface area contributed by atoms with Gasteiger partial charge in [-0.05, 0) is 31.7 Å². The number of carbonyl (C=O) groups excluding carboxylic acids is 1. The molecule has 1 amide bonds. The van der Waals surface area contributed by atoms with E-state index in [1.165, 1.54) is 12.8 Å². The highest BCUT2D eigenvalue weighted by Crippen LogP contribution is 2.22. The van der Waals surface area contributed by atoms with Gasteiger partial charge >= 0.3 is 0 Å². The van der Waals surface area contributed by atoms with Crippen LogP contribution in [-0.2, 0) is 4.79 Å². The van der Waals surface area contributed by atoms with Crippen LogP contribution in [-0.4, -0.2) is 37.0 Å². The maximum absolute atomic E-state index is 12.1. The molecule has 80 valence electrons. The Morgan fingerprint density at radius 3 is 2.71 bits per heavy atom. The number of likely N-dealkylation sites (tertiary alicyclic amines) is 1. The number of hydrogen-bond acceptors (Lipinski definition) is 2. The van der Waals surface area contributed by atoms with Crippen LogP contribution < -0.4 is 5.32 Å². The monoisotopic (exact) mass is 196 g/mol. The van der Waals surface area contributed by atoms with Crippen molar-refractivity contribution < 1.29 is 4.79 Å². The standard InChI is InChI=1S/C11H20N2O/c1-9-4-5-12-8-10(9)11(14)13-6-2-3-7-13/h9-10,12H,2-8H2,1H3/t9-,10-/m0/s1. The van der Waals surface area contributed by atoms with Crippen LogP contribution in [0.3, 0.4) is 0 Å². The molecule has 0 aliphatic carbocycles. The van der Waals surface area contributed by atoms with Gasteiger partial charge in [0.15, 0.2) is 0 Å². The molecule has 2 heterocycles. The molecule has 0 radical (unpaired) electrons. The summed E-state index contributed by atoms with van der Waals surface area (Å²) in [5.41, 5.74) is 0. The molecule has 1 N–H and O–H groups in total. The molecular weight excluding hydrogens is 176 g/mol. The smallest absolute Gasteiger partial charge is 0.227 e. The van der Waals surface area contributed by atoms with E-state index in [9.17, 15) is 4.79 Å². The highest BCUT2D eigenvalue weighted by Gasteiger charge is 2.31. The fraction of sp³-hybridized carbons (Fsp3) is 0.909. The van der Waals surface area contributed by atoms with Crippen molar-refractivity contribution in [2.45, 2.75) is 26.2 Å². The summed E-state index contributed by atoms with van der Waals surface area (Å²) in [7, 11) is 0. The summed E-state index contributed by atoms with van der Waals surface area (Å²) < 4.78 is 0. The molecule has 2 aliphatic heterocycles. The maximum atomic E-state index is 12.1. The predicted molar refractivity (Wildman–Crippen MR) is 56.0 cm³/mol. The van der Waals surface area contributed by atoms with Crippen LogP contribution in [0, 0.1) is 11.8 Å². The van der Waals surface area contributed by atoms with E-state index in [4.69, 9.17) is 0 Å². The molecule has 2 fully saturated rings. The molecule has 0 aromatic heterocycles. The van der Waals surface area contributed by atoms with E-state index in [1.54, 1.807) is 0 Å². The van der Waals surface area contributed by atoms with E-state index in [0.717, 1.165) is 32.6 Å². The van der Waals surface area contributed by atoms with Crippen LogP contribution in [0.4, 0.5) is 0 Å². The highest BCUT2D eigenvalue weighted by molar-refractivity contribution is 5.79. The Morgan fingerprint density at radius 2 is 2.07 bits per heavy atom. The highest BCUT2D eigenvalue weighted by atomic mass is 16.2. The van der Waals surface area contributed by atoms with Crippen molar-refractivity contribution in [3.8, 4) is 0 Å². The number of carbonyl (C=O) groups is 1. The van der Waals surface area contributed by atoms with Crippen LogP contribution in [0.15, 0.2) is 0 Å². The van der Waals surface area contributed by atoms with Crippen LogP contribution in [0.5, 0.6) is 0 Å². The van der Waals surface area contributed by atoms with E-state index in [0.29, 0.717) is 11.8 Å². The van der Waals surface area contributed by atoms with Crippen LogP contribution in [0.25, 0.3) is 0 Å². The first-order valence-corrected chi connectivity index (χ1v) is 5.78. The predicted octanol–water partition coefficient (Wildman–Crippen LogP) is 0.854. The SMILES string of the molecule is C[C@H]1CCNC[C@@H]1C(=O)N1CCCC1. The van der Waals surface area contributed by atoms with E-state index in [1.807, 2.05) is 4.90 Å². The second kappa shape index (κ2) is 4.30. The third-order valence-electron chi connectivity index (χ3n) is 3.56. The van der Waals surface area contributed by atoms with Gasteiger partial charge in [0.25, 0.3) is 0 Å². The lowest BCUT2D eigenvalue weighted by atomic mass is 9.87. The lowest BCUT2D eigenvalue weighted by Crippen LogP contribution is -2.45. The van der Waals surface area contributed by atoms with Gasteiger partial charge in [-0.1, -0.05) is 6.92 Å². The van der Waals surface area contributed by atoms with Crippen LogP contribution >= 0.6 is 0 Å². The molecule has 0 bridgehead atoms. The lowest BCUT2D eigenvalue weighted by Gasteiger charge is -2.31. The number of amides is 1. The van der Waals surface area contributed by atoms with Gasteiger partial charge in [-0.25, -0.2) is 0 Å². The molecule has 2 atom stereocenters. The minimum atomic E-state index is 0.238.